The van der Waals surface area contributed by atoms with Crippen LogP contribution >= 0.6 is 0 Å². The minimum absolute atomic E-state index is 0.145. The number of anilines is 1. The minimum atomic E-state index is -0.872. The summed E-state index contributed by atoms with van der Waals surface area (Å²) in [6.45, 7) is 6.03. The molecule has 1 aliphatic rings. The van der Waals surface area contributed by atoms with Crippen molar-refractivity contribution in [2.24, 2.45) is 0 Å². The van der Waals surface area contributed by atoms with Crippen molar-refractivity contribution in [3.63, 3.8) is 0 Å². The third-order valence-electron chi connectivity index (χ3n) is 2.96. The molecular formula is C13H17NO3. The first-order valence-corrected chi connectivity index (χ1v) is 5.78. The van der Waals surface area contributed by atoms with Gasteiger partial charge >= 0.3 is 5.97 Å². The smallest absolute Gasteiger partial charge is 0.337 e. The van der Waals surface area contributed by atoms with Crippen LogP contribution in [-0.2, 0) is 4.74 Å². The molecule has 1 unspecified atom stereocenters. The number of aryl methyl sites for hydroxylation is 1. The lowest BCUT2D eigenvalue weighted by atomic mass is 10.1. The molecule has 2 rings (SSSR count). The zero-order valence-corrected chi connectivity index (χ0v) is 10.1. The van der Waals surface area contributed by atoms with E-state index < -0.39 is 5.97 Å². The molecule has 0 aliphatic carbocycles. The molecule has 1 aromatic carbocycles. The summed E-state index contributed by atoms with van der Waals surface area (Å²) in [7, 11) is 0. The highest BCUT2D eigenvalue weighted by atomic mass is 16.5. The Morgan fingerprint density at radius 3 is 2.94 bits per heavy atom. The predicted molar refractivity (Wildman–Crippen MR) is 65.8 cm³/mol. The average Bonchev–Trinajstić information content (AvgIpc) is 2.28. The van der Waals surface area contributed by atoms with E-state index in [-0.39, 0.29) is 6.10 Å². The number of carboxylic acids is 1. The van der Waals surface area contributed by atoms with E-state index in [1.54, 1.807) is 6.07 Å². The average molecular weight is 235 g/mol. The number of hydrogen-bond acceptors (Lipinski definition) is 3. The number of benzene rings is 1. The maximum atomic E-state index is 11.2. The molecule has 17 heavy (non-hydrogen) atoms. The van der Waals surface area contributed by atoms with E-state index in [4.69, 9.17) is 4.74 Å². The van der Waals surface area contributed by atoms with Gasteiger partial charge in [0.25, 0.3) is 0 Å². The Balaban J connectivity index is 2.33. The fourth-order valence-corrected chi connectivity index (χ4v) is 2.13. The van der Waals surface area contributed by atoms with E-state index in [1.807, 2.05) is 26.0 Å². The van der Waals surface area contributed by atoms with Crippen LogP contribution in [0.3, 0.4) is 0 Å². The van der Waals surface area contributed by atoms with E-state index >= 15 is 0 Å². The second-order valence-corrected chi connectivity index (χ2v) is 4.45. The fourth-order valence-electron chi connectivity index (χ4n) is 2.13. The number of carboxylic acid groups (broad SMARTS) is 1. The van der Waals surface area contributed by atoms with Crippen LogP contribution in [-0.4, -0.2) is 36.9 Å². The first kappa shape index (κ1) is 11.9. The van der Waals surface area contributed by atoms with Crippen molar-refractivity contribution >= 4 is 11.7 Å². The van der Waals surface area contributed by atoms with Crippen LogP contribution in [0.15, 0.2) is 18.2 Å². The molecule has 0 bridgehead atoms. The van der Waals surface area contributed by atoms with Crippen LogP contribution in [0.5, 0.6) is 0 Å². The first-order chi connectivity index (χ1) is 8.08. The third kappa shape index (κ3) is 2.58. The van der Waals surface area contributed by atoms with Crippen molar-refractivity contribution in [3.05, 3.63) is 29.3 Å². The molecule has 1 N–H and O–H groups in total. The van der Waals surface area contributed by atoms with Gasteiger partial charge in [-0.15, -0.1) is 0 Å². The summed E-state index contributed by atoms with van der Waals surface area (Å²) < 4.78 is 5.46. The lowest BCUT2D eigenvalue weighted by Crippen LogP contribution is -2.41. The zero-order chi connectivity index (χ0) is 12.4. The molecule has 0 aromatic heterocycles. The molecule has 0 spiro atoms. The molecule has 4 heteroatoms. The van der Waals surface area contributed by atoms with Crippen molar-refractivity contribution < 1.29 is 14.6 Å². The quantitative estimate of drug-likeness (QED) is 0.850. The van der Waals surface area contributed by atoms with E-state index in [0.717, 1.165) is 24.3 Å². The molecule has 1 saturated heterocycles. The van der Waals surface area contributed by atoms with Gasteiger partial charge in [0.2, 0.25) is 0 Å². The van der Waals surface area contributed by atoms with Crippen LogP contribution < -0.4 is 4.90 Å². The molecule has 1 aromatic rings. The highest BCUT2D eigenvalue weighted by Crippen LogP contribution is 2.24. The third-order valence-corrected chi connectivity index (χ3v) is 2.96. The zero-order valence-electron chi connectivity index (χ0n) is 10.1. The van der Waals surface area contributed by atoms with Gasteiger partial charge in [-0.2, -0.15) is 0 Å². The van der Waals surface area contributed by atoms with Crippen molar-refractivity contribution in [1.29, 1.82) is 0 Å². The number of morpholine rings is 1. The van der Waals surface area contributed by atoms with Crippen LogP contribution in [0.2, 0.25) is 0 Å². The number of aromatic carboxylic acids is 1. The summed E-state index contributed by atoms with van der Waals surface area (Å²) in [5.41, 5.74) is 2.13. The first-order valence-electron chi connectivity index (χ1n) is 5.78. The maximum absolute atomic E-state index is 11.2. The molecule has 1 aliphatic heterocycles. The summed E-state index contributed by atoms with van der Waals surface area (Å²) in [6.07, 6.45) is 0.145. The lowest BCUT2D eigenvalue weighted by Gasteiger charge is -2.33. The molecule has 4 nitrogen and oxygen atoms in total. The number of rotatable bonds is 2. The van der Waals surface area contributed by atoms with Gasteiger partial charge in [0.15, 0.2) is 0 Å². The summed E-state index contributed by atoms with van der Waals surface area (Å²) in [6, 6.07) is 5.55. The Morgan fingerprint density at radius 1 is 1.53 bits per heavy atom. The van der Waals surface area contributed by atoms with E-state index in [2.05, 4.69) is 4.90 Å². The monoisotopic (exact) mass is 235 g/mol. The van der Waals surface area contributed by atoms with E-state index in [1.165, 1.54) is 0 Å². The van der Waals surface area contributed by atoms with Crippen LogP contribution in [0, 0.1) is 6.92 Å². The Kier molecular flexibility index (Phi) is 3.33. The summed E-state index contributed by atoms with van der Waals surface area (Å²) >= 11 is 0. The second kappa shape index (κ2) is 4.75. The standard InChI is InChI=1S/C13H17NO3/c1-9-3-4-12(11(7-9)13(15)16)14-5-6-17-10(2)8-14/h3-4,7,10H,5-6,8H2,1-2H3,(H,15,16). The fraction of sp³-hybridized carbons (Fsp3) is 0.462. The molecule has 1 fully saturated rings. The predicted octanol–water partition coefficient (Wildman–Crippen LogP) is 1.92. The number of nitrogens with zero attached hydrogens (tertiary/aromatic N) is 1. The molecule has 92 valence electrons. The van der Waals surface area contributed by atoms with E-state index in [9.17, 15) is 9.90 Å². The Bertz CT molecular complexity index is 431. The molecular weight excluding hydrogens is 218 g/mol. The maximum Gasteiger partial charge on any atom is 0.337 e. The Morgan fingerprint density at radius 2 is 2.29 bits per heavy atom. The second-order valence-electron chi connectivity index (χ2n) is 4.45. The topological polar surface area (TPSA) is 49.8 Å². The summed E-state index contributed by atoms with van der Waals surface area (Å²) in [5, 5.41) is 9.23. The van der Waals surface area contributed by atoms with Crippen molar-refractivity contribution in [1.82, 2.24) is 0 Å². The normalized spacial score (nSPS) is 20.4. The van der Waals surface area contributed by atoms with Gasteiger partial charge < -0.3 is 14.7 Å². The lowest BCUT2D eigenvalue weighted by molar-refractivity contribution is 0.0528. The van der Waals surface area contributed by atoms with Gasteiger partial charge in [0.1, 0.15) is 0 Å². The minimum Gasteiger partial charge on any atom is -0.478 e. The van der Waals surface area contributed by atoms with Gasteiger partial charge in [-0.05, 0) is 26.0 Å². The molecule has 1 atom stereocenters. The van der Waals surface area contributed by atoms with Gasteiger partial charge in [-0.3, -0.25) is 0 Å². The van der Waals surface area contributed by atoms with Crippen LogP contribution in [0.1, 0.15) is 22.8 Å². The number of ether oxygens (including phenoxy) is 1. The summed E-state index contributed by atoms with van der Waals surface area (Å²) in [5.74, 6) is -0.872. The molecule has 0 radical (unpaired) electrons. The Labute approximate surface area is 101 Å². The molecule has 1 heterocycles. The molecule has 0 saturated carbocycles. The largest absolute Gasteiger partial charge is 0.478 e. The molecule has 0 amide bonds. The highest BCUT2D eigenvalue weighted by Gasteiger charge is 2.21. The van der Waals surface area contributed by atoms with E-state index in [0.29, 0.717) is 12.2 Å². The van der Waals surface area contributed by atoms with Crippen molar-refractivity contribution in [3.8, 4) is 0 Å². The number of hydrogen-bond donors (Lipinski definition) is 1. The van der Waals surface area contributed by atoms with Crippen molar-refractivity contribution in [2.45, 2.75) is 20.0 Å². The SMILES string of the molecule is Cc1ccc(N2CCOC(C)C2)c(C(=O)O)c1. The van der Waals surface area contributed by atoms with Gasteiger partial charge in [0.05, 0.1) is 24.0 Å². The van der Waals surface area contributed by atoms with Crippen LogP contribution in [0.4, 0.5) is 5.69 Å². The van der Waals surface area contributed by atoms with Crippen molar-refractivity contribution in [2.75, 3.05) is 24.6 Å². The van der Waals surface area contributed by atoms with Gasteiger partial charge in [-0.1, -0.05) is 11.6 Å². The van der Waals surface area contributed by atoms with Crippen LogP contribution in [0.25, 0.3) is 0 Å². The highest BCUT2D eigenvalue weighted by molar-refractivity contribution is 5.94. The van der Waals surface area contributed by atoms with Gasteiger partial charge in [0, 0.05) is 13.1 Å². The number of carbonyl (C=O) groups is 1. The van der Waals surface area contributed by atoms with Gasteiger partial charge in [-0.25, -0.2) is 4.79 Å². The summed E-state index contributed by atoms with van der Waals surface area (Å²) in [4.78, 5) is 13.3. The Hall–Kier alpha value is -1.55.